The third-order valence-corrected chi connectivity index (χ3v) is 3.65. The maximum Gasteiger partial charge on any atom is 0.267 e. The van der Waals surface area contributed by atoms with E-state index >= 15 is 0 Å². The van der Waals surface area contributed by atoms with Crippen molar-refractivity contribution >= 4 is 40.2 Å². The quantitative estimate of drug-likeness (QED) is 0.850. The van der Waals surface area contributed by atoms with E-state index < -0.39 is 0 Å². The van der Waals surface area contributed by atoms with Crippen LogP contribution in [0.2, 0.25) is 5.02 Å². The Bertz CT molecular complexity index is 583. The normalized spacial score (nSPS) is 10.1. The minimum absolute atomic E-state index is 0.250. The van der Waals surface area contributed by atoms with Crippen molar-refractivity contribution in [3.63, 3.8) is 0 Å². The topological polar surface area (TPSA) is 64.3 Å². The second-order valence-electron chi connectivity index (χ2n) is 3.51. The van der Waals surface area contributed by atoms with Gasteiger partial charge in [0, 0.05) is 5.69 Å². The van der Waals surface area contributed by atoms with Crippen molar-refractivity contribution in [1.82, 2.24) is 0 Å². The summed E-state index contributed by atoms with van der Waals surface area (Å²) in [5.41, 5.74) is 6.82. The summed E-state index contributed by atoms with van der Waals surface area (Å²) in [5.74, 6) is 0.321. The smallest absolute Gasteiger partial charge is 0.267 e. The molecular formula is C12H11ClN2O2S. The lowest BCUT2D eigenvalue weighted by atomic mass is 10.2. The highest BCUT2D eigenvalue weighted by atomic mass is 35.5. The molecule has 0 saturated carbocycles. The van der Waals surface area contributed by atoms with Crippen LogP contribution in [0.3, 0.4) is 0 Å². The molecule has 94 valence electrons. The van der Waals surface area contributed by atoms with Gasteiger partial charge in [-0.1, -0.05) is 11.6 Å². The van der Waals surface area contributed by atoms with E-state index in [1.54, 1.807) is 29.6 Å². The number of nitrogens with one attached hydrogen (secondary N) is 1. The third-order valence-electron chi connectivity index (χ3n) is 2.31. The van der Waals surface area contributed by atoms with E-state index in [1.165, 1.54) is 18.4 Å². The van der Waals surface area contributed by atoms with Crippen molar-refractivity contribution < 1.29 is 9.53 Å². The maximum atomic E-state index is 11.9. The number of benzene rings is 1. The number of nitrogen functional groups attached to an aromatic ring is 1. The summed E-state index contributed by atoms with van der Waals surface area (Å²) in [4.78, 5) is 12.4. The highest BCUT2D eigenvalue weighted by Gasteiger charge is 2.12. The lowest BCUT2D eigenvalue weighted by molar-refractivity contribution is 0.103. The number of amides is 1. The molecule has 0 aliphatic heterocycles. The Morgan fingerprint density at radius 2 is 2.22 bits per heavy atom. The molecule has 0 spiro atoms. The summed E-state index contributed by atoms with van der Waals surface area (Å²) in [6.45, 7) is 0. The van der Waals surface area contributed by atoms with Gasteiger partial charge < -0.3 is 15.8 Å². The Morgan fingerprint density at radius 1 is 1.44 bits per heavy atom. The van der Waals surface area contributed by atoms with E-state index in [1.807, 2.05) is 0 Å². The van der Waals surface area contributed by atoms with E-state index in [0.717, 1.165) is 0 Å². The summed E-state index contributed by atoms with van der Waals surface area (Å²) in [6, 6.07) is 6.73. The fourth-order valence-electron chi connectivity index (χ4n) is 1.46. The Balaban J connectivity index is 2.17. The summed E-state index contributed by atoms with van der Waals surface area (Å²) in [5, 5.41) is 4.94. The number of carbonyl (C=O) groups is 1. The average Bonchev–Trinajstić information content (AvgIpc) is 2.76. The molecule has 0 unspecified atom stereocenters. The Hall–Kier alpha value is -1.72. The molecule has 18 heavy (non-hydrogen) atoms. The first-order valence-corrected chi connectivity index (χ1v) is 6.35. The van der Waals surface area contributed by atoms with Crippen LogP contribution in [0.4, 0.5) is 11.4 Å². The predicted octanol–water partition coefficient (Wildman–Crippen LogP) is 3.24. The number of rotatable bonds is 3. The summed E-state index contributed by atoms with van der Waals surface area (Å²) in [6.07, 6.45) is 0. The molecule has 0 bridgehead atoms. The van der Waals surface area contributed by atoms with Gasteiger partial charge in [-0.25, -0.2) is 0 Å². The number of nitrogens with two attached hydrogens (primary N) is 1. The Labute approximate surface area is 113 Å². The number of halogens is 1. The first-order chi connectivity index (χ1) is 8.61. The first kappa shape index (κ1) is 12.7. The second-order valence-corrected chi connectivity index (χ2v) is 4.83. The average molecular weight is 283 g/mol. The van der Waals surface area contributed by atoms with E-state index in [4.69, 9.17) is 22.1 Å². The number of thiophene rings is 1. The van der Waals surface area contributed by atoms with Crippen LogP contribution >= 0.6 is 22.9 Å². The van der Waals surface area contributed by atoms with Gasteiger partial charge in [0.25, 0.3) is 5.91 Å². The monoisotopic (exact) mass is 282 g/mol. The predicted molar refractivity (Wildman–Crippen MR) is 74.7 cm³/mol. The van der Waals surface area contributed by atoms with E-state index in [9.17, 15) is 4.79 Å². The van der Waals surface area contributed by atoms with E-state index in [2.05, 4.69) is 5.32 Å². The number of hydrogen-bond acceptors (Lipinski definition) is 4. The minimum Gasteiger partial charge on any atom is -0.495 e. The van der Waals surface area contributed by atoms with E-state index in [0.29, 0.717) is 27.0 Å². The molecule has 0 fully saturated rings. The van der Waals surface area contributed by atoms with Crippen LogP contribution in [0.1, 0.15) is 9.67 Å². The molecule has 4 nitrogen and oxygen atoms in total. The minimum atomic E-state index is -0.250. The van der Waals surface area contributed by atoms with Crippen LogP contribution in [0.15, 0.2) is 29.6 Å². The molecule has 2 aromatic rings. The van der Waals surface area contributed by atoms with Gasteiger partial charge in [0.1, 0.15) is 10.6 Å². The van der Waals surface area contributed by atoms with Crippen molar-refractivity contribution in [3.8, 4) is 5.75 Å². The highest BCUT2D eigenvalue weighted by molar-refractivity contribution is 7.12. The van der Waals surface area contributed by atoms with Gasteiger partial charge in [-0.3, -0.25) is 4.79 Å². The van der Waals surface area contributed by atoms with Crippen LogP contribution in [-0.2, 0) is 0 Å². The zero-order valence-electron chi connectivity index (χ0n) is 9.57. The van der Waals surface area contributed by atoms with Crippen LogP contribution in [-0.4, -0.2) is 13.0 Å². The van der Waals surface area contributed by atoms with Crippen molar-refractivity contribution in [2.75, 3.05) is 18.2 Å². The molecule has 1 aromatic carbocycles. The van der Waals surface area contributed by atoms with E-state index in [-0.39, 0.29) is 5.91 Å². The lowest BCUT2D eigenvalue weighted by Gasteiger charge is -2.08. The number of hydrogen-bond donors (Lipinski definition) is 2. The van der Waals surface area contributed by atoms with Crippen molar-refractivity contribution in [2.45, 2.75) is 0 Å². The van der Waals surface area contributed by atoms with Crippen LogP contribution < -0.4 is 15.8 Å². The molecule has 0 atom stereocenters. The SMILES string of the molecule is COc1ccc(NC(=O)c2sccc2Cl)cc1N. The van der Waals surface area contributed by atoms with Crippen molar-refractivity contribution in [2.24, 2.45) is 0 Å². The number of anilines is 2. The Kier molecular flexibility index (Phi) is 3.74. The fourth-order valence-corrected chi connectivity index (χ4v) is 2.49. The zero-order chi connectivity index (χ0) is 13.1. The summed E-state index contributed by atoms with van der Waals surface area (Å²) >= 11 is 7.17. The van der Waals surface area contributed by atoms with Gasteiger partial charge >= 0.3 is 0 Å². The van der Waals surface area contributed by atoms with Crippen LogP contribution in [0, 0.1) is 0 Å². The number of ether oxygens (including phenoxy) is 1. The fraction of sp³-hybridized carbons (Fsp3) is 0.0833. The highest BCUT2D eigenvalue weighted by Crippen LogP contribution is 2.27. The standard InChI is InChI=1S/C12H11ClN2O2S/c1-17-10-3-2-7(6-9(10)14)15-12(16)11-8(13)4-5-18-11/h2-6H,14H2,1H3,(H,15,16). The molecule has 0 radical (unpaired) electrons. The van der Waals surface area contributed by atoms with Gasteiger partial charge in [-0.2, -0.15) is 0 Å². The molecule has 1 amide bonds. The van der Waals surface area contributed by atoms with Gasteiger partial charge in [-0.15, -0.1) is 11.3 Å². The van der Waals surface area contributed by atoms with Gasteiger partial charge in [0.2, 0.25) is 0 Å². The number of methoxy groups -OCH3 is 1. The van der Waals surface area contributed by atoms with Gasteiger partial charge in [0.05, 0.1) is 17.8 Å². The molecule has 3 N–H and O–H groups in total. The van der Waals surface area contributed by atoms with Crippen molar-refractivity contribution in [3.05, 3.63) is 39.5 Å². The molecule has 1 heterocycles. The molecule has 2 rings (SSSR count). The number of carbonyl (C=O) groups excluding carboxylic acids is 1. The first-order valence-electron chi connectivity index (χ1n) is 5.09. The van der Waals surface area contributed by atoms with Crippen molar-refractivity contribution in [1.29, 1.82) is 0 Å². The zero-order valence-corrected chi connectivity index (χ0v) is 11.1. The molecule has 1 aromatic heterocycles. The lowest BCUT2D eigenvalue weighted by Crippen LogP contribution is -2.10. The largest absolute Gasteiger partial charge is 0.495 e. The molecule has 6 heteroatoms. The third kappa shape index (κ3) is 2.57. The summed E-state index contributed by atoms with van der Waals surface area (Å²) < 4.78 is 5.04. The molecule has 0 aliphatic carbocycles. The van der Waals surface area contributed by atoms with Crippen LogP contribution in [0.5, 0.6) is 5.75 Å². The summed E-state index contributed by atoms with van der Waals surface area (Å²) in [7, 11) is 1.54. The Morgan fingerprint density at radius 3 is 2.78 bits per heavy atom. The van der Waals surface area contributed by atoms with Gasteiger partial charge in [-0.05, 0) is 29.6 Å². The molecule has 0 aliphatic rings. The second kappa shape index (κ2) is 5.29. The molecule has 0 saturated heterocycles. The van der Waals surface area contributed by atoms with Crippen LogP contribution in [0.25, 0.3) is 0 Å². The van der Waals surface area contributed by atoms with Gasteiger partial charge in [0.15, 0.2) is 0 Å². The molecular weight excluding hydrogens is 272 g/mol. The maximum absolute atomic E-state index is 11.9.